The van der Waals surface area contributed by atoms with Crippen molar-refractivity contribution in [3.8, 4) is 0 Å². The number of rotatable bonds is 7. The first-order chi connectivity index (χ1) is 15.6. The van der Waals surface area contributed by atoms with Gasteiger partial charge in [0.15, 0.2) is 0 Å². The maximum Gasteiger partial charge on any atom is 0.306 e. The molecule has 3 N–H and O–H groups in total. The Morgan fingerprint density at radius 1 is 1.00 bits per heavy atom. The molecule has 3 aromatic rings. The maximum absolute atomic E-state index is 12.8. The van der Waals surface area contributed by atoms with Gasteiger partial charge < -0.3 is 15.7 Å². The molecule has 0 spiro atoms. The van der Waals surface area contributed by atoms with Gasteiger partial charge in [-0.1, -0.05) is 46.9 Å². The molecule has 2 amide bonds. The molecule has 1 unspecified atom stereocenters. The molecule has 33 heavy (non-hydrogen) atoms. The van der Waals surface area contributed by atoms with Gasteiger partial charge in [0.1, 0.15) is 5.15 Å². The first kappa shape index (κ1) is 24.4. The van der Waals surface area contributed by atoms with Crippen LogP contribution < -0.4 is 10.6 Å². The molecular weight excluding hydrogens is 491 g/mol. The van der Waals surface area contributed by atoms with E-state index >= 15 is 0 Å². The van der Waals surface area contributed by atoms with E-state index < -0.39 is 29.7 Å². The minimum atomic E-state index is -1.28. The van der Waals surface area contributed by atoms with E-state index in [0.717, 1.165) is 0 Å². The molecule has 2 aromatic heterocycles. The Bertz CT molecular complexity index is 1200. The number of nitrogens with one attached hydrogen (secondary N) is 2. The first-order valence-electron chi connectivity index (χ1n) is 9.46. The number of hydrogen-bond donors (Lipinski definition) is 3. The summed E-state index contributed by atoms with van der Waals surface area (Å²) < 4.78 is 0. The molecule has 0 aliphatic heterocycles. The van der Waals surface area contributed by atoms with Crippen LogP contribution in [0.25, 0.3) is 0 Å². The number of halogens is 3. The Hall–Kier alpha value is -3.20. The van der Waals surface area contributed by atoms with Gasteiger partial charge in [-0.25, -0.2) is 4.98 Å². The van der Waals surface area contributed by atoms with E-state index in [4.69, 9.17) is 34.8 Å². The van der Waals surface area contributed by atoms with Gasteiger partial charge in [-0.15, -0.1) is 0 Å². The summed E-state index contributed by atoms with van der Waals surface area (Å²) in [7, 11) is 0. The van der Waals surface area contributed by atoms with Gasteiger partial charge >= 0.3 is 5.97 Å². The Labute approximate surface area is 203 Å². The van der Waals surface area contributed by atoms with E-state index in [-0.39, 0.29) is 26.3 Å². The molecule has 2 heterocycles. The van der Waals surface area contributed by atoms with Gasteiger partial charge in [0.2, 0.25) is 0 Å². The number of anilines is 1. The lowest BCUT2D eigenvalue weighted by molar-refractivity contribution is -0.138. The van der Waals surface area contributed by atoms with Gasteiger partial charge in [0.05, 0.1) is 33.1 Å². The molecule has 0 aliphatic rings. The van der Waals surface area contributed by atoms with Gasteiger partial charge in [0.25, 0.3) is 11.8 Å². The highest BCUT2D eigenvalue weighted by Gasteiger charge is 2.32. The number of carboxylic acid groups (broad SMARTS) is 1. The molecule has 1 atom stereocenters. The normalized spacial score (nSPS) is 12.5. The second-order valence-electron chi connectivity index (χ2n) is 7.21. The Balaban J connectivity index is 1.84. The predicted molar refractivity (Wildman–Crippen MR) is 125 cm³/mol. The molecule has 1 aromatic carbocycles. The van der Waals surface area contributed by atoms with Crippen molar-refractivity contribution in [3.05, 3.63) is 86.9 Å². The molecule has 11 heteroatoms. The lowest BCUT2D eigenvalue weighted by atomic mass is 9.88. The Morgan fingerprint density at radius 3 is 2.21 bits per heavy atom. The molecule has 0 fully saturated rings. The maximum atomic E-state index is 12.8. The summed E-state index contributed by atoms with van der Waals surface area (Å²) in [6, 6.07) is 9.37. The van der Waals surface area contributed by atoms with Crippen LogP contribution in [-0.2, 0) is 10.3 Å². The number of aliphatic carboxylic acids is 1. The fourth-order valence-electron chi connectivity index (χ4n) is 3.14. The molecule has 0 radical (unpaired) electrons. The molecule has 8 nitrogen and oxygen atoms in total. The number of carboxylic acids is 1. The Morgan fingerprint density at radius 2 is 1.64 bits per heavy atom. The number of aromatic nitrogens is 2. The van der Waals surface area contributed by atoms with E-state index in [1.165, 1.54) is 24.7 Å². The summed E-state index contributed by atoms with van der Waals surface area (Å²) in [5, 5.41) is 15.0. The van der Waals surface area contributed by atoms with Crippen molar-refractivity contribution in [1.82, 2.24) is 15.3 Å². The number of benzene rings is 1. The monoisotopic (exact) mass is 506 g/mol. The van der Waals surface area contributed by atoms with Crippen molar-refractivity contribution in [3.63, 3.8) is 0 Å². The van der Waals surface area contributed by atoms with Crippen molar-refractivity contribution in [2.75, 3.05) is 5.32 Å². The smallest absolute Gasteiger partial charge is 0.306 e. The first-order valence-corrected chi connectivity index (χ1v) is 10.6. The van der Waals surface area contributed by atoms with Crippen LogP contribution in [-0.4, -0.2) is 32.9 Å². The number of carbonyl (C=O) groups is 3. The zero-order chi connectivity index (χ0) is 24.2. The van der Waals surface area contributed by atoms with Crippen molar-refractivity contribution in [2.45, 2.75) is 18.9 Å². The third-order valence-corrected chi connectivity index (χ3v) is 5.63. The average molecular weight is 508 g/mol. The number of pyridine rings is 2. The van der Waals surface area contributed by atoms with E-state index in [0.29, 0.717) is 11.3 Å². The van der Waals surface area contributed by atoms with E-state index in [9.17, 15) is 19.5 Å². The van der Waals surface area contributed by atoms with Crippen LogP contribution in [0.3, 0.4) is 0 Å². The summed E-state index contributed by atoms with van der Waals surface area (Å²) in [5.41, 5.74) is -0.176. The van der Waals surface area contributed by atoms with Crippen LogP contribution >= 0.6 is 34.8 Å². The lowest BCUT2D eigenvalue weighted by Crippen LogP contribution is -2.45. The van der Waals surface area contributed by atoms with Crippen LogP contribution in [0, 0.1) is 0 Å². The fraction of sp³-hybridized carbons (Fsp3) is 0.136. The second kappa shape index (κ2) is 10.2. The largest absolute Gasteiger partial charge is 0.481 e. The summed E-state index contributed by atoms with van der Waals surface area (Å²) in [6.45, 7) is 1.58. The van der Waals surface area contributed by atoms with Gasteiger partial charge in [0, 0.05) is 24.3 Å². The van der Waals surface area contributed by atoms with Crippen molar-refractivity contribution in [2.24, 2.45) is 0 Å². The van der Waals surface area contributed by atoms with E-state index in [1.807, 2.05) is 0 Å². The van der Waals surface area contributed by atoms with Crippen molar-refractivity contribution in [1.29, 1.82) is 0 Å². The molecule has 3 rings (SSSR count). The summed E-state index contributed by atoms with van der Waals surface area (Å²) in [6.07, 6.45) is 3.65. The lowest BCUT2D eigenvalue weighted by Gasteiger charge is -2.30. The van der Waals surface area contributed by atoms with Crippen LogP contribution in [0.4, 0.5) is 5.69 Å². The number of carbonyl (C=O) groups excluding carboxylic acids is 2. The highest BCUT2D eigenvalue weighted by molar-refractivity contribution is 6.40. The minimum absolute atomic E-state index is 0.000770. The van der Waals surface area contributed by atoms with Crippen LogP contribution in [0.1, 0.15) is 39.6 Å². The molecule has 0 aliphatic carbocycles. The zero-order valence-corrected chi connectivity index (χ0v) is 19.4. The predicted octanol–water partition coefficient (Wildman–Crippen LogP) is 4.81. The SMILES string of the molecule is CC(CC(=O)O)(NC(=O)c1cccnc1Cl)c1ccc(NC(=O)c2c(Cl)cncc2Cl)cc1. The zero-order valence-electron chi connectivity index (χ0n) is 17.1. The summed E-state index contributed by atoms with van der Waals surface area (Å²) in [4.78, 5) is 44.5. The van der Waals surface area contributed by atoms with Gasteiger partial charge in [-0.05, 0) is 36.8 Å². The van der Waals surface area contributed by atoms with Crippen LogP contribution in [0.2, 0.25) is 15.2 Å². The second-order valence-corrected chi connectivity index (χ2v) is 8.38. The van der Waals surface area contributed by atoms with E-state index in [2.05, 4.69) is 20.6 Å². The number of nitrogens with zero attached hydrogens (tertiary/aromatic N) is 2. The number of hydrogen-bond acceptors (Lipinski definition) is 5. The van der Waals surface area contributed by atoms with Gasteiger partial charge in [-0.2, -0.15) is 0 Å². The summed E-state index contributed by atoms with van der Waals surface area (Å²) in [5.74, 6) is -2.22. The minimum Gasteiger partial charge on any atom is -0.481 e. The third kappa shape index (κ3) is 5.78. The Kier molecular flexibility index (Phi) is 7.53. The molecular formula is C22H17Cl3N4O4. The average Bonchev–Trinajstić information content (AvgIpc) is 2.73. The summed E-state index contributed by atoms with van der Waals surface area (Å²) >= 11 is 18.0. The number of amides is 2. The highest BCUT2D eigenvalue weighted by Crippen LogP contribution is 2.28. The van der Waals surface area contributed by atoms with Crippen molar-refractivity contribution < 1.29 is 19.5 Å². The molecule has 170 valence electrons. The van der Waals surface area contributed by atoms with Crippen LogP contribution in [0.5, 0.6) is 0 Å². The molecule has 0 bridgehead atoms. The standard InChI is InChI=1S/C22H17Cl3N4O4/c1-22(9-17(30)31,29-20(32)14-3-2-8-27-19(14)25)12-4-6-13(7-5-12)28-21(33)18-15(23)10-26-11-16(18)24/h2-8,10-11H,9H2,1H3,(H,28,33)(H,29,32)(H,30,31). The molecule has 0 saturated heterocycles. The quantitative estimate of drug-likeness (QED) is 0.395. The van der Waals surface area contributed by atoms with Crippen LogP contribution in [0.15, 0.2) is 55.0 Å². The topological polar surface area (TPSA) is 121 Å². The van der Waals surface area contributed by atoms with E-state index in [1.54, 1.807) is 37.3 Å². The molecule has 0 saturated carbocycles. The fourth-order valence-corrected chi connectivity index (χ4v) is 3.88. The van der Waals surface area contributed by atoms with Gasteiger partial charge in [-0.3, -0.25) is 19.4 Å². The highest BCUT2D eigenvalue weighted by atomic mass is 35.5. The van der Waals surface area contributed by atoms with Crippen molar-refractivity contribution >= 4 is 58.3 Å². The third-order valence-electron chi connectivity index (χ3n) is 4.76.